The number of hydrogen-bond donors (Lipinski definition) is 6. The van der Waals surface area contributed by atoms with Crippen molar-refractivity contribution in [1.82, 2.24) is 21.3 Å². The highest BCUT2D eigenvalue weighted by molar-refractivity contribution is 6.41. The van der Waals surface area contributed by atoms with E-state index in [1.807, 2.05) is 30.3 Å². The third kappa shape index (κ3) is 15.6. The Morgan fingerprint density at radius 1 is 0.800 bits per heavy atom. The largest absolute Gasteiger partial charge is 0.472 e. The Morgan fingerprint density at radius 3 is 2.09 bits per heavy atom. The standard InChI is InChI=1S/C24H39BN4O6/c1-2-3-4-5-6-7-11-14-21(30)26-17-23(32)29-20(15-19-12-9-8-10-13-19)24(33)27-16-22(31)28-18-25(34)35/h8-10,12-13,20,34-35H,2-7,11,14-18H2,1H3,(H,26,30)(H,27,33)(H,28,31)(H,29,32). The fraction of sp³-hybridized carbons (Fsp3) is 0.583. The molecule has 10 nitrogen and oxygen atoms in total. The second-order valence-electron chi connectivity index (χ2n) is 8.46. The maximum atomic E-state index is 12.6. The van der Waals surface area contributed by atoms with Gasteiger partial charge in [-0.15, -0.1) is 0 Å². The molecule has 6 N–H and O–H groups in total. The molecule has 1 aromatic rings. The van der Waals surface area contributed by atoms with E-state index in [0.29, 0.717) is 6.42 Å². The zero-order valence-electron chi connectivity index (χ0n) is 20.6. The molecule has 0 bridgehead atoms. The molecule has 0 saturated carbocycles. The molecule has 11 heteroatoms. The van der Waals surface area contributed by atoms with Gasteiger partial charge in [-0.05, 0) is 12.0 Å². The molecule has 0 aliphatic heterocycles. The van der Waals surface area contributed by atoms with Gasteiger partial charge in [0.2, 0.25) is 23.6 Å². The summed E-state index contributed by atoms with van der Waals surface area (Å²) < 4.78 is 0. The summed E-state index contributed by atoms with van der Waals surface area (Å²) in [6, 6.07) is 8.12. The van der Waals surface area contributed by atoms with Gasteiger partial charge in [-0.2, -0.15) is 0 Å². The number of rotatable bonds is 18. The molecule has 35 heavy (non-hydrogen) atoms. The molecule has 0 radical (unpaired) electrons. The topological polar surface area (TPSA) is 157 Å². The lowest BCUT2D eigenvalue weighted by molar-refractivity contribution is -0.130. The van der Waals surface area contributed by atoms with Crippen LogP contribution in [0.2, 0.25) is 0 Å². The number of hydrogen-bond acceptors (Lipinski definition) is 6. The van der Waals surface area contributed by atoms with Crippen molar-refractivity contribution >= 4 is 30.7 Å². The van der Waals surface area contributed by atoms with Crippen LogP contribution in [0.15, 0.2) is 30.3 Å². The highest BCUT2D eigenvalue weighted by Crippen LogP contribution is 2.08. The minimum atomic E-state index is -1.69. The van der Waals surface area contributed by atoms with Gasteiger partial charge in [-0.3, -0.25) is 19.2 Å². The van der Waals surface area contributed by atoms with E-state index in [9.17, 15) is 19.2 Å². The third-order valence-corrected chi connectivity index (χ3v) is 5.29. The Bertz CT molecular complexity index is 779. The summed E-state index contributed by atoms with van der Waals surface area (Å²) in [6.45, 7) is 1.54. The lowest BCUT2D eigenvalue weighted by Crippen LogP contribution is -2.52. The summed E-state index contributed by atoms with van der Waals surface area (Å²) >= 11 is 0. The van der Waals surface area contributed by atoms with Crippen LogP contribution < -0.4 is 21.3 Å². The Labute approximate surface area is 207 Å². The van der Waals surface area contributed by atoms with Crippen LogP contribution in [0.3, 0.4) is 0 Å². The van der Waals surface area contributed by atoms with Crippen molar-refractivity contribution in [1.29, 1.82) is 0 Å². The normalized spacial score (nSPS) is 11.3. The molecule has 0 aromatic heterocycles. The summed E-state index contributed by atoms with van der Waals surface area (Å²) in [5, 5.41) is 27.5. The van der Waals surface area contributed by atoms with E-state index in [1.54, 1.807) is 0 Å². The highest BCUT2D eigenvalue weighted by Gasteiger charge is 2.22. The van der Waals surface area contributed by atoms with E-state index in [2.05, 4.69) is 28.2 Å². The third-order valence-electron chi connectivity index (χ3n) is 5.29. The van der Waals surface area contributed by atoms with E-state index in [-0.39, 0.29) is 31.9 Å². The maximum absolute atomic E-state index is 12.6. The molecule has 0 aliphatic carbocycles. The zero-order valence-corrected chi connectivity index (χ0v) is 20.6. The second-order valence-corrected chi connectivity index (χ2v) is 8.46. The van der Waals surface area contributed by atoms with Gasteiger partial charge in [0, 0.05) is 12.8 Å². The summed E-state index contributed by atoms with van der Waals surface area (Å²) in [5.74, 6) is -1.90. The number of carbonyl (C=O) groups is 4. The molecular weight excluding hydrogens is 451 g/mol. The number of nitrogens with one attached hydrogen (secondary N) is 4. The van der Waals surface area contributed by atoms with Crippen molar-refractivity contribution in [2.24, 2.45) is 0 Å². The van der Waals surface area contributed by atoms with Crippen molar-refractivity contribution in [3.63, 3.8) is 0 Å². The van der Waals surface area contributed by atoms with E-state index < -0.39 is 30.9 Å². The van der Waals surface area contributed by atoms with Gasteiger partial charge >= 0.3 is 7.12 Å². The van der Waals surface area contributed by atoms with Crippen molar-refractivity contribution in [2.75, 3.05) is 19.5 Å². The van der Waals surface area contributed by atoms with E-state index in [4.69, 9.17) is 10.0 Å². The quantitative estimate of drug-likeness (QED) is 0.128. The van der Waals surface area contributed by atoms with Crippen molar-refractivity contribution in [2.45, 2.75) is 70.8 Å². The molecular formula is C24H39BN4O6. The first-order valence-electron chi connectivity index (χ1n) is 12.3. The van der Waals surface area contributed by atoms with Gasteiger partial charge in [-0.1, -0.05) is 75.8 Å². The summed E-state index contributed by atoms with van der Waals surface area (Å²) in [5.41, 5.74) is 0.809. The van der Waals surface area contributed by atoms with Crippen LogP contribution in [0.5, 0.6) is 0 Å². The summed E-state index contributed by atoms with van der Waals surface area (Å²) in [7, 11) is -1.69. The molecule has 1 atom stereocenters. The Morgan fingerprint density at radius 2 is 1.43 bits per heavy atom. The Kier molecular flexibility index (Phi) is 15.8. The van der Waals surface area contributed by atoms with Crippen LogP contribution in [0.25, 0.3) is 0 Å². The van der Waals surface area contributed by atoms with E-state index in [0.717, 1.165) is 24.8 Å². The van der Waals surface area contributed by atoms with Crippen LogP contribution in [0, 0.1) is 0 Å². The number of amides is 4. The van der Waals surface area contributed by atoms with Crippen molar-refractivity contribution in [3.8, 4) is 0 Å². The molecule has 0 heterocycles. The average Bonchev–Trinajstić information content (AvgIpc) is 2.84. The van der Waals surface area contributed by atoms with Gasteiger partial charge in [-0.25, -0.2) is 0 Å². The van der Waals surface area contributed by atoms with Crippen LogP contribution in [-0.4, -0.2) is 66.4 Å². The lowest BCUT2D eigenvalue weighted by atomic mass is 9.92. The summed E-state index contributed by atoms with van der Waals surface area (Å²) in [4.78, 5) is 48.8. The van der Waals surface area contributed by atoms with E-state index >= 15 is 0 Å². The molecule has 194 valence electrons. The minimum Gasteiger partial charge on any atom is -0.426 e. The molecule has 4 amide bonds. The van der Waals surface area contributed by atoms with Crippen molar-refractivity contribution < 1.29 is 29.2 Å². The first-order valence-corrected chi connectivity index (χ1v) is 12.3. The molecule has 1 aromatic carbocycles. The predicted molar refractivity (Wildman–Crippen MR) is 134 cm³/mol. The van der Waals surface area contributed by atoms with Gasteiger partial charge in [0.15, 0.2) is 0 Å². The fourth-order valence-electron chi connectivity index (χ4n) is 3.37. The fourth-order valence-corrected chi connectivity index (χ4v) is 3.37. The van der Waals surface area contributed by atoms with Crippen LogP contribution in [-0.2, 0) is 25.6 Å². The maximum Gasteiger partial charge on any atom is 0.472 e. The zero-order chi connectivity index (χ0) is 25.9. The predicted octanol–water partition coefficient (Wildman–Crippen LogP) is 0.215. The smallest absolute Gasteiger partial charge is 0.426 e. The molecule has 0 spiro atoms. The van der Waals surface area contributed by atoms with Gasteiger partial charge < -0.3 is 31.3 Å². The number of benzene rings is 1. The van der Waals surface area contributed by atoms with Gasteiger partial charge in [0.25, 0.3) is 0 Å². The molecule has 0 saturated heterocycles. The second kappa shape index (κ2) is 18.4. The molecule has 0 fully saturated rings. The van der Waals surface area contributed by atoms with Crippen LogP contribution in [0.4, 0.5) is 0 Å². The first kappa shape index (κ1) is 30.1. The molecule has 1 unspecified atom stereocenters. The minimum absolute atomic E-state index is 0.196. The van der Waals surface area contributed by atoms with Crippen LogP contribution >= 0.6 is 0 Å². The molecule has 0 aliphatic rings. The summed E-state index contributed by atoms with van der Waals surface area (Å²) in [6.07, 6.45) is 7.86. The van der Waals surface area contributed by atoms with E-state index in [1.165, 1.54) is 25.7 Å². The van der Waals surface area contributed by atoms with Gasteiger partial charge in [0.1, 0.15) is 6.04 Å². The number of unbranched alkanes of at least 4 members (excludes halogenated alkanes) is 6. The highest BCUT2D eigenvalue weighted by atomic mass is 16.4. The van der Waals surface area contributed by atoms with Crippen molar-refractivity contribution in [3.05, 3.63) is 35.9 Å². The molecule has 1 rings (SSSR count). The van der Waals surface area contributed by atoms with Crippen LogP contribution in [0.1, 0.15) is 63.9 Å². The number of carbonyl (C=O) groups excluding carboxylic acids is 4. The SMILES string of the molecule is CCCCCCCCCC(=O)NCC(=O)NC(Cc1ccccc1)C(=O)NCC(=O)NCB(O)O. The monoisotopic (exact) mass is 490 g/mol. The average molecular weight is 490 g/mol. The first-order chi connectivity index (χ1) is 16.8. The Hall–Kier alpha value is -2.92. The van der Waals surface area contributed by atoms with Gasteiger partial charge in [0.05, 0.1) is 19.5 Å². The Balaban J connectivity index is 2.47. The lowest BCUT2D eigenvalue weighted by Gasteiger charge is -2.19.